The zero-order valence-corrected chi connectivity index (χ0v) is 12.1. The van der Waals surface area contributed by atoms with Crippen molar-refractivity contribution < 1.29 is 9.72 Å². The Morgan fingerprint density at radius 2 is 2.24 bits per heavy atom. The van der Waals surface area contributed by atoms with Crippen molar-refractivity contribution >= 4 is 33.7 Å². The van der Waals surface area contributed by atoms with E-state index in [2.05, 4.69) is 31.4 Å². The predicted octanol–water partition coefficient (Wildman–Crippen LogP) is 2.52. The molecule has 1 heterocycles. The van der Waals surface area contributed by atoms with E-state index in [1.807, 2.05) is 0 Å². The van der Waals surface area contributed by atoms with Gasteiger partial charge in [-0.15, -0.1) is 0 Å². The molecule has 0 atom stereocenters. The highest BCUT2D eigenvalue weighted by molar-refractivity contribution is 9.10. The molecule has 1 amide bonds. The molecule has 2 rings (SSSR count). The van der Waals surface area contributed by atoms with Gasteiger partial charge in [-0.05, 0) is 34.1 Å². The summed E-state index contributed by atoms with van der Waals surface area (Å²) in [6, 6.07) is 7.51. The lowest BCUT2D eigenvalue weighted by Crippen LogP contribution is -2.17. The Balaban J connectivity index is 2.05. The minimum Gasteiger partial charge on any atom is -0.267 e. The summed E-state index contributed by atoms with van der Waals surface area (Å²) >= 11 is 3.21. The van der Waals surface area contributed by atoms with E-state index >= 15 is 0 Å². The Morgan fingerprint density at radius 3 is 2.86 bits per heavy atom. The maximum atomic E-state index is 11.7. The summed E-state index contributed by atoms with van der Waals surface area (Å²) in [7, 11) is 0. The molecule has 0 saturated heterocycles. The number of aromatic nitrogens is 1. The first-order valence-electron chi connectivity index (χ1n) is 5.75. The zero-order valence-electron chi connectivity index (χ0n) is 10.6. The molecule has 1 aromatic carbocycles. The number of hydrogen-bond donors (Lipinski definition) is 1. The summed E-state index contributed by atoms with van der Waals surface area (Å²) in [5.74, 6) is -0.391. The summed E-state index contributed by atoms with van der Waals surface area (Å²) in [5.41, 5.74) is 3.31. The quantitative estimate of drug-likeness (QED) is 0.521. The summed E-state index contributed by atoms with van der Waals surface area (Å²) < 4.78 is 0.510. The van der Waals surface area contributed by atoms with Gasteiger partial charge in [-0.2, -0.15) is 5.10 Å². The van der Waals surface area contributed by atoms with E-state index in [1.54, 1.807) is 18.3 Å². The van der Waals surface area contributed by atoms with Crippen LogP contribution < -0.4 is 5.43 Å². The number of carbonyl (C=O) groups excluding carboxylic acids is 1. The van der Waals surface area contributed by atoms with E-state index in [0.717, 1.165) is 0 Å². The number of nitro groups is 1. The molecular formula is C13H9BrN4O3. The van der Waals surface area contributed by atoms with E-state index in [9.17, 15) is 14.9 Å². The normalized spacial score (nSPS) is 10.5. The van der Waals surface area contributed by atoms with Crippen molar-refractivity contribution in [3.05, 3.63) is 68.4 Å². The first kappa shape index (κ1) is 14.8. The van der Waals surface area contributed by atoms with Crippen molar-refractivity contribution in [3.63, 3.8) is 0 Å². The van der Waals surface area contributed by atoms with E-state index in [4.69, 9.17) is 0 Å². The molecule has 7 nitrogen and oxygen atoms in total. The fourth-order valence-corrected chi connectivity index (χ4v) is 1.93. The number of halogens is 1. The van der Waals surface area contributed by atoms with E-state index < -0.39 is 10.8 Å². The average Bonchev–Trinajstić information content (AvgIpc) is 2.49. The second-order valence-electron chi connectivity index (χ2n) is 3.90. The highest BCUT2D eigenvalue weighted by Crippen LogP contribution is 2.21. The van der Waals surface area contributed by atoms with Crippen LogP contribution in [-0.4, -0.2) is 22.0 Å². The summed E-state index contributed by atoms with van der Waals surface area (Å²) in [6.07, 6.45) is 4.38. The minimum absolute atomic E-state index is 0.0292. The van der Waals surface area contributed by atoms with Gasteiger partial charge in [0.2, 0.25) is 0 Å². The summed E-state index contributed by atoms with van der Waals surface area (Å²) in [4.78, 5) is 25.6. The van der Waals surface area contributed by atoms with Crippen LogP contribution in [0.4, 0.5) is 5.69 Å². The van der Waals surface area contributed by atoms with Gasteiger partial charge in [-0.25, -0.2) is 5.43 Å². The highest BCUT2D eigenvalue weighted by atomic mass is 79.9. The molecule has 0 bridgehead atoms. The Bertz CT molecular complexity index is 704. The molecule has 2 aromatic rings. The molecule has 0 unspecified atom stereocenters. The van der Waals surface area contributed by atoms with Gasteiger partial charge in [-0.1, -0.05) is 0 Å². The Hall–Kier alpha value is -2.61. The SMILES string of the molecule is O=C(N/N=C\c1ccc([N+](=O)[O-])cc1Br)c1cccnc1. The molecule has 21 heavy (non-hydrogen) atoms. The van der Waals surface area contributed by atoms with E-state index in [-0.39, 0.29) is 5.69 Å². The fourth-order valence-electron chi connectivity index (χ4n) is 1.46. The fraction of sp³-hybridized carbons (Fsp3) is 0. The van der Waals surface area contributed by atoms with Gasteiger partial charge in [0.1, 0.15) is 0 Å². The highest BCUT2D eigenvalue weighted by Gasteiger charge is 2.08. The molecule has 106 valence electrons. The molecule has 0 saturated carbocycles. The van der Waals surface area contributed by atoms with Crippen LogP contribution in [0.2, 0.25) is 0 Å². The minimum atomic E-state index is -0.490. The second-order valence-corrected chi connectivity index (χ2v) is 4.76. The van der Waals surface area contributed by atoms with Crippen LogP contribution >= 0.6 is 15.9 Å². The molecule has 0 fully saturated rings. The lowest BCUT2D eigenvalue weighted by Gasteiger charge is -2.00. The first-order valence-corrected chi connectivity index (χ1v) is 6.54. The number of carbonyl (C=O) groups is 1. The van der Waals surface area contributed by atoms with Gasteiger partial charge < -0.3 is 0 Å². The largest absolute Gasteiger partial charge is 0.272 e. The van der Waals surface area contributed by atoms with Crippen LogP contribution in [0.25, 0.3) is 0 Å². The number of nitro benzene ring substituents is 1. The lowest BCUT2D eigenvalue weighted by atomic mass is 10.2. The van der Waals surface area contributed by atoms with Gasteiger partial charge in [-0.3, -0.25) is 19.9 Å². The number of hydrogen-bond acceptors (Lipinski definition) is 5. The third kappa shape index (κ3) is 3.93. The van der Waals surface area contributed by atoms with Crippen molar-refractivity contribution in [2.24, 2.45) is 5.10 Å². The van der Waals surface area contributed by atoms with Gasteiger partial charge in [0.25, 0.3) is 11.6 Å². The number of non-ortho nitro benzene ring substituents is 1. The Labute approximate surface area is 128 Å². The second kappa shape index (κ2) is 6.71. The van der Waals surface area contributed by atoms with Crippen molar-refractivity contribution in [1.29, 1.82) is 0 Å². The third-order valence-electron chi connectivity index (χ3n) is 2.49. The molecular weight excluding hydrogens is 340 g/mol. The van der Waals surface area contributed by atoms with Crippen molar-refractivity contribution in [2.75, 3.05) is 0 Å². The van der Waals surface area contributed by atoms with Crippen LogP contribution in [-0.2, 0) is 0 Å². The maximum Gasteiger partial charge on any atom is 0.272 e. The van der Waals surface area contributed by atoms with Crippen molar-refractivity contribution in [2.45, 2.75) is 0 Å². The standard InChI is InChI=1S/C13H9BrN4O3/c14-12-6-11(18(20)21)4-3-9(12)8-16-17-13(19)10-2-1-5-15-7-10/h1-8H,(H,17,19)/b16-8-. The molecule has 0 aliphatic heterocycles. The Kier molecular flexibility index (Phi) is 4.72. The summed E-state index contributed by atoms with van der Waals surface area (Å²) in [5, 5.41) is 14.4. The Morgan fingerprint density at radius 1 is 1.43 bits per heavy atom. The van der Waals surface area contributed by atoms with Crippen LogP contribution in [0.15, 0.2) is 52.3 Å². The summed E-state index contributed by atoms with van der Waals surface area (Å²) in [6.45, 7) is 0. The maximum absolute atomic E-state index is 11.7. The van der Waals surface area contributed by atoms with E-state index in [1.165, 1.54) is 30.6 Å². The molecule has 8 heteroatoms. The molecule has 0 radical (unpaired) electrons. The first-order chi connectivity index (χ1) is 10.1. The number of amides is 1. The smallest absolute Gasteiger partial charge is 0.267 e. The topological polar surface area (TPSA) is 97.5 Å². The monoisotopic (exact) mass is 348 g/mol. The van der Waals surface area contributed by atoms with Gasteiger partial charge in [0.05, 0.1) is 16.7 Å². The van der Waals surface area contributed by atoms with Gasteiger partial charge >= 0.3 is 0 Å². The lowest BCUT2D eigenvalue weighted by molar-refractivity contribution is -0.384. The van der Waals surface area contributed by atoms with Crippen LogP contribution in [0, 0.1) is 10.1 Å². The van der Waals surface area contributed by atoms with Crippen molar-refractivity contribution in [1.82, 2.24) is 10.4 Å². The molecule has 0 spiro atoms. The molecule has 1 N–H and O–H groups in total. The molecule has 1 aromatic heterocycles. The number of benzene rings is 1. The number of nitrogens with zero attached hydrogens (tertiary/aromatic N) is 3. The number of hydrazone groups is 1. The van der Waals surface area contributed by atoms with Gasteiger partial charge in [0, 0.05) is 34.6 Å². The zero-order chi connectivity index (χ0) is 15.2. The van der Waals surface area contributed by atoms with Crippen LogP contribution in [0.3, 0.4) is 0 Å². The number of pyridine rings is 1. The number of nitrogens with one attached hydrogen (secondary N) is 1. The van der Waals surface area contributed by atoms with Gasteiger partial charge in [0.15, 0.2) is 0 Å². The third-order valence-corrected chi connectivity index (χ3v) is 3.18. The average molecular weight is 349 g/mol. The molecule has 0 aliphatic carbocycles. The van der Waals surface area contributed by atoms with Crippen LogP contribution in [0.1, 0.15) is 15.9 Å². The molecule has 0 aliphatic rings. The van der Waals surface area contributed by atoms with Crippen molar-refractivity contribution in [3.8, 4) is 0 Å². The van der Waals surface area contributed by atoms with E-state index in [0.29, 0.717) is 15.6 Å². The van der Waals surface area contributed by atoms with Crippen LogP contribution in [0.5, 0.6) is 0 Å². The number of rotatable bonds is 4. The predicted molar refractivity (Wildman–Crippen MR) is 80.1 cm³/mol.